The Balaban J connectivity index is 0. The van der Waals surface area contributed by atoms with E-state index in [1.165, 1.54) is 0 Å². The van der Waals surface area contributed by atoms with E-state index in [9.17, 15) is 0 Å². The van der Waals surface area contributed by atoms with E-state index in [-0.39, 0.29) is 95.4 Å². The first kappa shape index (κ1) is 28.8. The predicted octanol–water partition coefficient (Wildman–Crippen LogP) is -3.00. The van der Waals surface area contributed by atoms with Gasteiger partial charge in [0.05, 0.1) is 0 Å². The van der Waals surface area contributed by atoms with E-state index in [4.69, 9.17) is 0 Å². The van der Waals surface area contributed by atoms with E-state index in [1.807, 2.05) is 0 Å². The molecular weight excluding hydrogens is 159 g/mol. The summed E-state index contributed by atoms with van der Waals surface area (Å²) in [5.41, 5.74) is 0. The maximum Gasteiger partial charge on any atom is 3.00 e. The van der Waals surface area contributed by atoms with Gasteiger partial charge < -0.3 is 27.0 Å². The number of rotatable bonds is 0. The van der Waals surface area contributed by atoms with Crippen molar-refractivity contribution in [3.05, 3.63) is 0 Å². The molecule has 4 heteroatoms. The minimum Gasteiger partial charge on any atom is -2.00 e. The average molecular weight is 159 g/mol. The van der Waals surface area contributed by atoms with Gasteiger partial charge in [-0.3, -0.25) is 0 Å². The normalized spacial score (nSPS) is 0. The van der Waals surface area contributed by atoms with Gasteiger partial charge in [0.1, 0.15) is 0 Å². The van der Waals surface area contributed by atoms with Gasteiger partial charge in [0.2, 0.25) is 0 Å². The first-order valence-electron chi connectivity index (χ1n) is 0. The van der Waals surface area contributed by atoms with Crippen LogP contribution in [-0.2, 0) is 44.1 Å². The Bertz CT molecular complexity index is 6.00. The van der Waals surface area contributed by atoms with Gasteiger partial charge in [-0.1, -0.05) is 0 Å². The van der Waals surface area contributed by atoms with Crippen molar-refractivity contribution in [2.75, 3.05) is 0 Å². The van der Waals surface area contributed by atoms with Crippen LogP contribution in [0.2, 0.25) is 0 Å². The summed E-state index contributed by atoms with van der Waals surface area (Å²) in [6, 6.07) is 0. The van der Waals surface area contributed by atoms with Crippen LogP contribution in [0, 0.1) is 0 Å². The number of hydrogen-bond donors (Lipinski definition) is 0. The summed E-state index contributed by atoms with van der Waals surface area (Å²) in [6.45, 7) is 0. The molecule has 0 aromatic rings. The number of hydrogen-bond acceptors (Lipinski definition) is 0. The third-order valence-corrected chi connectivity index (χ3v) is 0. The fourth-order valence-electron chi connectivity index (χ4n) is 0. The molecule has 0 saturated carbocycles. The van der Waals surface area contributed by atoms with Gasteiger partial charge in [-0.25, -0.2) is 0 Å². The quantitative estimate of drug-likeness (QED) is 0.330. The van der Waals surface area contributed by atoms with Crippen molar-refractivity contribution in [1.82, 2.24) is 0 Å². The van der Waals surface area contributed by atoms with Crippen LogP contribution < -0.4 is 51.4 Å². The van der Waals surface area contributed by atoms with Crippen molar-refractivity contribution >= 4 is 27.0 Å². The standard InChI is InChI=1S/Fe.K.2S/q+3;+1;2*-2. The predicted molar refractivity (Wildman–Crippen MR) is 14.7 cm³/mol. The largest absolute Gasteiger partial charge is 3.00 e. The van der Waals surface area contributed by atoms with Crippen LogP contribution in [0.4, 0.5) is 0 Å². The topological polar surface area (TPSA) is 0 Å². The van der Waals surface area contributed by atoms with Crippen LogP contribution in [0.3, 0.4) is 0 Å². The minimum absolute atomic E-state index is 0. The summed E-state index contributed by atoms with van der Waals surface area (Å²) in [5, 5.41) is 0. The minimum atomic E-state index is 0. The van der Waals surface area contributed by atoms with E-state index in [0.29, 0.717) is 0 Å². The molecule has 0 bridgehead atoms. The Morgan fingerprint density at radius 1 is 0.750 bits per heavy atom. The summed E-state index contributed by atoms with van der Waals surface area (Å²) < 4.78 is 0. The molecule has 0 N–H and O–H groups in total. The zero-order valence-electron chi connectivity index (χ0n) is 2.17. The molecule has 0 spiro atoms. The molecule has 0 nitrogen and oxygen atoms in total. The smallest absolute Gasteiger partial charge is 2.00 e. The Labute approximate surface area is 93.3 Å². The van der Waals surface area contributed by atoms with Crippen LogP contribution in [-0.4, -0.2) is 0 Å². The van der Waals surface area contributed by atoms with Crippen molar-refractivity contribution < 1.29 is 68.5 Å². The molecule has 21 valence electrons. The van der Waals surface area contributed by atoms with Crippen molar-refractivity contribution in [2.24, 2.45) is 0 Å². The average Bonchev–Trinajstić information content (AvgIpc) is 0. The Kier molecular flexibility index (Phi) is 122. The van der Waals surface area contributed by atoms with Gasteiger partial charge in [-0.2, -0.15) is 0 Å². The van der Waals surface area contributed by atoms with E-state index >= 15 is 0 Å². The van der Waals surface area contributed by atoms with Gasteiger partial charge in [-0.05, 0) is 0 Å². The molecule has 0 saturated heterocycles. The zero-order chi connectivity index (χ0) is 0. The molecule has 4 heavy (non-hydrogen) atoms. The zero-order valence-corrected chi connectivity index (χ0v) is 8.03. The molecule has 0 aliphatic carbocycles. The fraction of sp³-hybridized carbons (Fsp3) is 0. The molecule has 0 heterocycles. The molecule has 0 atom stereocenters. The molecule has 1 radical (unpaired) electrons. The molecule has 0 fully saturated rings. The first-order chi connectivity index (χ1) is 0. The molecule has 0 aliphatic heterocycles. The van der Waals surface area contributed by atoms with Gasteiger partial charge in [0, 0.05) is 0 Å². The molecule has 0 amide bonds. The second-order valence-corrected chi connectivity index (χ2v) is 0. The monoisotopic (exact) mass is 159 g/mol. The molecule has 0 rings (SSSR count). The van der Waals surface area contributed by atoms with Gasteiger partial charge in [0.15, 0.2) is 0 Å². The molecule has 0 aliphatic rings. The van der Waals surface area contributed by atoms with Crippen molar-refractivity contribution in [1.29, 1.82) is 0 Å². The molecule has 0 aromatic heterocycles. The van der Waals surface area contributed by atoms with Gasteiger partial charge >= 0.3 is 68.5 Å². The third kappa shape index (κ3) is 8.85. The van der Waals surface area contributed by atoms with Crippen LogP contribution >= 0.6 is 0 Å². The Hall–Kier alpha value is 2.86. The third-order valence-electron chi connectivity index (χ3n) is 0. The Morgan fingerprint density at radius 2 is 0.750 bits per heavy atom. The second-order valence-electron chi connectivity index (χ2n) is 0. The summed E-state index contributed by atoms with van der Waals surface area (Å²) >= 11 is 0. The fourth-order valence-corrected chi connectivity index (χ4v) is 0. The van der Waals surface area contributed by atoms with Crippen LogP contribution in [0.15, 0.2) is 0 Å². The van der Waals surface area contributed by atoms with E-state index in [1.54, 1.807) is 0 Å². The van der Waals surface area contributed by atoms with Crippen LogP contribution in [0.1, 0.15) is 0 Å². The molecule has 0 unspecified atom stereocenters. The first-order valence-corrected chi connectivity index (χ1v) is 0. The second kappa shape index (κ2) is 16.9. The van der Waals surface area contributed by atoms with E-state index in [2.05, 4.69) is 0 Å². The van der Waals surface area contributed by atoms with Crippen LogP contribution in [0.25, 0.3) is 0 Å². The van der Waals surface area contributed by atoms with Crippen molar-refractivity contribution in [3.63, 3.8) is 0 Å². The van der Waals surface area contributed by atoms with E-state index in [0.717, 1.165) is 0 Å². The summed E-state index contributed by atoms with van der Waals surface area (Å²) in [5.74, 6) is 0. The summed E-state index contributed by atoms with van der Waals surface area (Å²) in [7, 11) is 0. The van der Waals surface area contributed by atoms with Crippen molar-refractivity contribution in [3.8, 4) is 0 Å². The Morgan fingerprint density at radius 3 is 0.750 bits per heavy atom. The molecular formula is FeKS2. The SMILES string of the molecule is [Fe+3].[K+].[S-2].[S-2]. The maximum absolute atomic E-state index is 0. The van der Waals surface area contributed by atoms with E-state index < -0.39 is 0 Å². The van der Waals surface area contributed by atoms with Gasteiger partial charge in [0.25, 0.3) is 0 Å². The summed E-state index contributed by atoms with van der Waals surface area (Å²) in [6.07, 6.45) is 0. The molecule has 0 aromatic carbocycles. The van der Waals surface area contributed by atoms with Gasteiger partial charge in [-0.15, -0.1) is 0 Å². The summed E-state index contributed by atoms with van der Waals surface area (Å²) in [4.78, 5) is 0. The maximum atomic E-state index is 0. The van der Waals surface area contributed by atoms with Crippen molar-refractivity contribution in [2.45, 2.75) is 0 Å². The van der Waals surface area contributed by atoms with Crippen LogP contribution in [0.5, 0.6) is 0 Å².